The average Bonchev–Trinajstić information content (AvgIpc) is 3.01. The van der Waals surface area contributed by atoms with Crippen LogP contribution in [0.5, 0.6) is 0 Å². The smallest absolute Gasteiger partial charge is 0.159 e. The Morgan fingerprint density at radius 1 is 0.808 bits per heavy atom. The molecular formula is C24H21NO. The number of Topliss-reactive ketones (excluding diaryl/α,β-unsaturated/α-hetero) is 1. The fourth-order valence-corrected chi connectivity index (χ4v) is 3.45. The molecule has 0 aliphatic carbocycles. The summed E-state index contributed by atoms with van der Waals surface area (Å²) in [5, 5.41) is 1.30. The van der Waals surface area contributed by atoms with E-state index < -0.39 is 0 Å². The second-order valence-electron chi connectivity index (χ2n) is 6.71. The lowest BCUT2D eigenvalue weighted by Crippen LogP contribution is -1.99. The van der Waals surface area contributed by atoms with Crippen LogP contribution in [0.2, 0.25) is 0 Å². The van der Waals surface area contributed by atoms with Crippen molar-refractivity contribution in [2.24, 2.45) is 0 Å². The first kappa shape index (κ1) is 16.3. The number of carbonyl (C=O) groups excluding carboxylic acids is 1. The molecule has 0 bridgehead atoms. The van der Waals surface area contributed by atoms with Crippen LogP contribution in [0.15, 0.2) is 85.1 Å². The van der Waals surface area contributed by atoms with Crippen LogP contribution < -0.4 is 0 Å². The van der Waals surface area contributed by atoms with Crippen molar-refractivity contribution in [2.45, 2.75) is 19.9 Å². The molecule has 1 aromatic heterocycles. The summed E-state index contributed by atoms with van der Waals surface area (Å²) in [5.74, 6) is 0.105. The van der Waals surface area contributed by atoms with E-state index in [-0.39, 0.29) is 5.78 Å². The van der Waals surface area contributed by atoms with Gasteiger partial charge in [0.25, 0.3) is 0 Å². The topological polar surface area (TPSA) is 22.0 Å². The van der Waals surface area contributed by atoms with Gasteiger partial charge in [-0.25, -0.2) is 0 Å². The van der Waals surface area contributed by atoms with Gasteiger partial charge in [0.1, 0.15) is 0 Å². The van der Waals surface area contributed by atoms with Crippen molar-refractivity contribution in [1.29, 1.82) is 0 Å². The van der Waals surface area contributed by atoms with Crippen LogP contribution in [0.25, 0.3) is 10.9 Å². The van der Waals surface area contributed by atoms with E-state index in [0.717, 1.165) is 18.5 Å². The SMILES string of the molecule is CC(=O)c1ccc(Cn2cc(Cc3ccccc3)c3ccccc32)cc1. The number of hydrogen-bond donors (Lipinski definition) is 0. The zero-order chi connectivity index (χ0) is 17.9. The number of para-hydroxylation sites is 1. The standard InChI is InChI=1S/C24H21NO/c1-18(26)21-13-11-20(12-14-21)16-25-17-22(15-19-7-3-2-4-8-19)23-9-5-6-10-24(23)25/h2-14,17H,15-16H2,1H3. The number of hydrogen-bond acceptors (Lipinski definition) is 1. The lowest BCUT2D eigenvalue weighted by Gasteiger charge is -2.06. The van der Waals surface area contributed by atoms with Crippen molar-refractivity contribution in [3.63, 3.8) is 0 Å². The van der Waals surface area contributed by atoms with Crippen LogP contribution in [0.4, 0.5) is 0 Å². The van der Waals surface area contributed by atoms with Crippen molar-refractivity contribution >= 4 is 16.7 Å². The van der Waals surface area contributed by atoms with E-state index in [0.29, 0.717) is 0 Å². The summed E-state index contributed by atoms with van der Waals surface area (Å²) in [7, 11) is 0. The van der Waals surface area contributed by atoms with Crippen molar-refractivity contribution in [3.8, 4) is 0 Å². The van der Waals surface area contributed by atoms with Gasteiger partial charge in [0.2, 0.25) is 0 Å². The Labute approximate surface area is 153 Å². The number of carbonyl (C=O) groups is 1. The Morgan fingerprint density at radius 2 is 1.50 bits per heavy atom. The number of ketones is 1. The summed E-state index contributed by atoms with van der Waals surface area (Å²) in [6.45, 7) is 2.40. The summed E-state index contributed by atoms with van der Waals surface area (Å²) < 4.78 is 2.30. The maximum absolute atomic E-state index is 11.5. The molecule has 3 aromatic carbocycles. The zero-order valence-electron chi connectivity index (χ0n) is 14.9. The molecule has 128 valence electrons. The number of nitrogens with zero attached hydrogens (tertiary/aromatic N) is 1. The van der Waals surface area contributed by atoms with Crippen molar-refractivity contribution in [2.75, 3.05) is 0 Å². The van der Waals surface area contributed by atoms with E-state index >= 15 is 0 Å². The molecule has 4 aromatic rings. The Morgan fingerprint density at radius 3 is 2.23 bits per heavy atom. The van der Waals surface area contributed by atoms with Gasteiger partial charge in [0.15, 0.2) is 5.78 Å². The molecule has 0 unspecified atom stereocenters. The Hall–Kier alpha value is -3.13. The lowest BCUT2D eigenvalue weighted by atomic mass is 10.0. The quantitative estimate of drug-likeness (QED) is 0.441. The third-order valence-electron chi connectivity index (χ3n) is 4.82. The molecule has 0 fully saturated rings. The number of fused-ring (bicyclic) bond motifs is 1. The lowest BCUT2D eigenvalue weighted by molar-refractivity contribution is 0.101. The van der Waals surface area contributed by atoms with Crippen LogP contribution in [0.3, 0.4) is 0 Å². The summed E-state index contributed by atoms with van der Waals surface area (Å²) in [5.41, 5.74) is 5.86. The molecule has 0 radical (unpaired) electrons. The summed E-state index contributed by atoms with van der Waals surface area (Å²) in [4.78, 5) is 11.5. The molecule has 0 aliphatic heterocycles. The van der Waals surface area contributed by atoms with Crippen LogP contribution in [-0.2, 0) is 13.0 Å². The Bertz CT molecular complexity index is 1040. The van der Waals surface area contributed by atoms with Gasteiger partial charge < -0.3 is 4.57 Å². The van der Waals surface area contributed by atoms with Crippen LogP contribution in [0.1, 0.15) is 34.0 Å². The third-order valence-corrected chi connectivity index (χ3v) is 4.82. The molecule has 2 nitrogen and oxygen atoms in total. The summed E-state index contributed by atoms with van der Waals surface area (Å²) in [6.07, 6.45) is 3.19. The third kappa shape index (κ3) is 3.31. The first-order valence-corrected chi connectivity index (χ1v) is 8.91. The minimum absolute atomic E-state index is 0.105. The van der Waals surface area contributed by atoms with Gasteiger partial charge in [0.05, 0.1) is 0 Å². The number of rotatable bonds is 5. The van der Waals surface area contributed by atoms with Gasteiger partial charge in [-0.3, -0.25) is 4.79 Å². The molecule has 0 saturated heterocycles. The minimum atomic E-state index is 0.105. The maximum Gasteiger partial charge on any atom is 0.159 e. The van der Waals surface area contributed by atoms with Crippen LogP contribution in [-0.4, -0.2) is 10.4 Å². The molecular weight excluding hydrogens is 318 g/mol. The number of aromatic nitrogens is 1. The van der Waals surface area contributed by atoms with Gasteiger partial charge in [-0.2, -0.15) is 0 Å². The normalized spacial score (nSPS) is 11.0. The van der Waals surface area contributed by atoms with Gasteiger partial charge in [-0.15, -0.1) is 0 Å². The van der Waals surface area contributed by atoms with Crippen LogP contribution >= 0.6 is 0 Å². The van der Waals surface area contributed by atoms with E-state index in [1.165, 1.54) is 27.6 Å². The highest BCUT2D eigenvalue weighted by Gasteiger charge is 2.09. The first-order chi connectivity index (χ1) is 12.7. The molecule has 0 amide bonds. The number of benzene rings is 3. The molecule has 0 saturated carbocycles. The molecule has 0 spiro atoms. The first-order valence-electron chi connectivity index (χ1n) is 8.91. The molecule has 0 aliphatic rings. The van der Waals surface area contributed by atoms with E-state index in [1.54, 1.807) is 6.92 Å². The van der Waals surface area contributed by atoms with Gasteiger partial charge in [-0.05, 0) is 36.1 Å². The second-order valence-corrected chi connectivity index (χ2v) is 6.71. The Balaban J connectivity index is 1.68. The minimum Gasteiger partial charge on any atom is -0.343 e. The van der Waals surface area contributed by atoms with E-state index in [4.69, 9.17) is 0 Å². The predicted molar refractivity (Wildman–Crippen MR) is 107 cm³/mol. The van der Waals surface area contributed by atoms with Crippen LogP contribution in [0, 0.1) is 0 Å². The molecule has 26 heavy (non-hydrogen) atoms. The van der Waals surface area contributed by atoms with E-state index in [2.05, 4.69) is 65.4 Å². The molecule has 2 heteroatoms. The zero-order valence-corrected chi connectivity index (χ0v) is 14.9. The maximum atomic E-state index is 11.5. The van der Waals surface area contributed by atoms with E-state index in [1.807, 2.05) is 24.3 Å². The monoisotopic (exact) mass is 339 g/mol. The summed E-state index contributed by atoms with van der Waals surface area (Å²) >= 11 is 0. The molecule has 4 rings (SSSR count). The van der Waals surface area contributed by atoms with Gasteiger partial charge in [0, 0.05) is 29.2 Å². The molecule has 1 heterocycles. The summed E-state index contributed by atoms with van der Waals surface area (Å²) in [6, 6.07) is 27.0. The van der Waals surface area contributed by atoms with Crippen molar-refractivity contribution in [1.82, 2.24) is 4.57 Å². The highest BCUT2D eigenvalue weighted by atomic mass is 16.1. The highest BCUT2D eigenvalue weighted by molar-refractivity contribution is 5.94. The van der Waals surface area contributed by atoms with Gasteiger partial charge in [-0.1, -0.05) is 72.8 Å². The second kappa shape index (κ2) is 7.01. The van der Waals surface area contributed by atoms with Crippen molar-refractivity contribution in [3.05, 3.63) is 107 Å². The average molecular weight is 339 g/mol. The predicted octanol–water partition coefficient (Wildman–Crippen LogP) is 5.48. The fraction of sp³-hybridized carbons (Fsp3) is 0.125. The fourth-order valence-electron chi connectivity index (χ4n) is 3.45. The van der Waals surface area contributed by atoms with E-state index in [9.17, 15) is 4.79 Å². The Kier molecular flexibility index (Phi) is 4.40. The van der Waals surface area contributed by atoms with Gasteiger partial charge >= 0.3 is 0 Å². The highest BCUT2D eigenvalue weighted by Crippen LogP contribution is 2.25. The molecule has 0 atom stereocenters. The molecule has 0 N–H and O–H groups in total. The van der Waals surface area contributed by atoms with Crippen molar-refractivity contribution < 1.29 is 4.79 Å². The largest absolute Gasteiger partial charge is 0.343 e.